The predicted molar refractivity (Wildman–Crippen MR) is 115 cm³/mol. The molecule has 1 fully saturated rings. The van der Waals surface area contributed by atoms with Gasteiger partial charge < -0.3 is 9.80 Å². The SMILES string of the molecule is CCN(c1ccccc1)c1nccc(N2CCN(Cc3ccccc3)CC2)n1. The summed E-state index contributed by atoms with van der Waals surface area (Å²) in [5.74, 6) is 1.77. The van der Waals surface area contributed by atoms with Crippen LogP contribution in [0.15, 0.2) is 72.9 Å². The van der Waals surface area contributed by atoms with Crippen LogP contribution in [0.3, 0.4) is 0 Å². The summed E-state index contributed by atoms with van der Waals surface area (Å²) in [6.07, 6.45) is 1.87. The molecule has 4 rings (SSSR count). The van der Waals surface area contributed by atoms with Crippen molar-refractivity contribution in [1.29, 1.82) is 0 Å². The Bertz CT molecular complexity index is 860. The quantitative estimate of drug-likeness (QED) is 0.654. The summed E-state index contributed by atoms with van der Waals surface area (Å²) in [7, 11) is 0. The second-order valence-corrected chi connectivity index (χ2v) is 7.04. The molecule has 1 aromatic heterocycles. The fraction of sp³-hybridized carbons (Fsp3) is 0.304. The van der Waals surface area contributed by atoms with E-state index in [1.807, 2.05) is 30.5 Å². The molecule has 2 aromatic carbocycles. The highest BCUT2D eigenvalue weighted by Crippen LogP contribution is 2.23. The van der Waals surface area contributed by atoms with E-state index in [9.17, 15) is 0 Å². The maximum atomic E-state index is 4.88. The molecule has 0 bridgehead atoms. The summed E-state index contributed by atoms with van der Waals surface area (Å²) in [6.45, 7) is 8.04. The van der Waals surface area contributed by atoms with E-state index in [0.29, 0.717) is 0 Å². The summed E-state index contributed by atoms with van der Waals surface area (Å²) >= 11 is 0. The van der Waals surface area contributed by atoms with E-state index in [0.717, 1.165) is 56.7 Å². The molecule has 0 atom stereocenters. The third-order valence-electron chi connectivity index (χ3n) is 5.20. The van der Waals surface area contributed by atoms with Crippen molar-refractivity contribution in [2.75, 3.05) is 42.5 Å². The molecule has 0 radical (unpaired) electrons. The van der Waals surface area contributed by atoms with Crippen LogP contribution in [0.2, 0.25) is 0 Å². The molecular formula is C23H27N5. The van der Waals surface area contributed by atoms with Crippen molar-refractivity contribution in [2.24, 2.45) is 0 Å². The molecule has 3 aromatic rings. The second kappa shape index (κ2) is 8.85. The molecule has 0 amide bonds. The first kappa shape index (κ1) is 18.4. The molecule has 0 saturated carbocycles. The lowest BCUT2D eigenvalue weighted by atomic mass is 10.2. The molecule has 5 nitrogen and oxygen atoms in total. The number of anilines is 3. The van der Waals surface area contributed by atoms with E-state index in [-0.39, 0.29) is 0 Å². The van der Waals surface area contributed by atoms with Gasteiger partial charge in [-0.1, -0.05) is 48.5 Å². The van der Waals surface area contributed by atoms with Gasteiger partial charge in [0.25, 0.3) is 0 Å². The first-order chi connectivity index (χ1) is 13.8. The van der Waals surface area contributed by atoms with Crippen LogP contribution in [-0.4, -0.2) is 47.6 Å². The molecule has 0 N–H and O–H groups in total. The van der Waals surface area contributed by atoms with Crippen LogP contribution in [0.5, 0.6) is 0 Å². The lowest BCUT2D eigenvalue weighted by molar-refractivity contribution is 0.249. The maximum Gasteiger partial charge on any atom is 0.231 e. The van der Waals surface area contributed by atoms with Crippen LogP contribution in [0.25, 0.3) is 0 Å². The zero-order valence-electron chi connectivity index (χ0n) is 16.4. The van der Waals surface area contributed by atoms with Gasteiger partial charge in [0.1, 0.15) is 5.82 Å². The van der Waals surface area contributed by atoms with Crippen molar-refractivity contribution in [2.45, 2.75) is 13.5 Å². The predicted octanol–water partition coefficient (Wildman–Crippen LogP) is 3.96. The van der Waals surface area contributed by atoms with Crippen LogP contribution in [0, 0.1) is 0 Å². The molecule has 0 unspecified atom stereocenters. The fourth-order valence-electron chi connectivity index (χ4n) is 3.67. The number of hydrogen-bond acceptors (Lipinski definition) is 5. The van der Waals surface area contributed by atoms with Crippen LogP contribution in [-0.2, 0) is 6.54 Å². The monoisotopic (exact) mass is 373 g/mol. The summed E-state index contributed by atoms with van der Waals surface area (Å²) in [6, 6.07) is 23.0. The van der Waals surface area contributed by atoms with Gasteiger partial charge in [-0.2, -0.15) is 4.98 Å². The Morgan fingerprint density at radius 1 is 0.857 bits per heavy atom. The minimum Gasteiger partial charge on any atom is -0.354 e. The van der Waals surface area contributed by atoms with Gasteiger partial charge >= 0.3 is 0 Å². The van der Waals surface area contributed by atoms with Gasteiger partial charge in [0.2, 0.25) is 5.95 Å². The van der Waals surface area contributed by atoms with Crippen molar-refractivity contribution in [3.8, 4) is 0 Å². The topological polar surface area (TPSA) is 35.5 Å². The number of para-hydroxylation sites is 1. The van der Waals surface area contributed by atoms with Gasteiger partial charge in [-0.05, 0) is 30.7 Å². The lowest BCUT2D eigenvalue weighted by Crippen LogP contribution is -2.46. The smallest absolute Gasteiger partial charge is 0.231 e. The number of benzene rings is 2. The highest BCUT2D eigenvalue weighted by atomic mass is 15.3. The Labute approximate surface area is 167 Å². The molecule has 0 spiro atoms. The molecule has 5 heteroatoms. The molecular weight excluding hydrogens is 346 g/mol. The summed E-state index contributed by atoms with van der Waals surface area (Å²) < 4.78 is 0. The highest BCUT2D eigenvalue weighted by molar-refractivity contribution is 5.58. The first-order valence-electron chi connectivity index (χ1n) is 10.0. The standard InChI is InChI=1S/C23H27N5/c1-2-28(21-11-7-4-8-12-21)23-24-14-13-22(25-23)27-17-15-26(16-18-27)19-20-9-5-3-6-10-20/h3-14H,2,15-19H2,1H3. The van der Waals surface area contributed by atoms with Crippen LogP contribution in [0.1, 0.15) is 12.5 Å². The molecule has 144 valence electrons. The molecule has 1 aliphatic heterocycles. The van der Waals surface area contributed by atoms with Crippen LogP contribution >= 0.6 is 0 Å². The third-order valence-corrected chi connectivity index (χ3v) is 5.20. The minimum atomic E-state index is 0.762. The maximum absolute atomic E-state index is 4.88. The number of hydrogen-bond donors (Lipinski definition) is 0. The zero-order chi connectivity index (χ0) is 19.2. The van der Waals surface area contributed by atoms with E-state index >= 15 is 0 Å². The second-order valence-electron chi connectivity index (χ2n) is 7.04. The Balaban J connectivity index is 1.42. The summed E-state index contributed by atoms with van der Waals surface area (Å²) in [4.78, 5) is 16.4. The van der Waals surface area contributed by atoms with Crippen molar-refractivity contribution in [3.05, 3.63) is 78.5 Å². The number of nitrogens with zero attached hydrogens (tertiary/aromatic N) is 5. The minimum absolute atomic E-state index is 0.762. The van der Waals surface area contributed by atoms with Gasteiger partial charge in [0.05, 0.1) is 0 Å². The first-order valence-corrected chi connectivity index (χ1v) is 10.0. The summed E-state index contributed by atoms with van der Waals surface area (Å²) in [5, 5.41) is 0. The van der Waals surface area contributed by atoms with E-state index in [1.54, 1.807) is 0 Å². The Morgan fingerprint density at radius 3 is 2.21 bits per heavy atom. The molecule has 1 saturated heterocycles. The van der Waals surface area contributed by atoms with E-state index in [2.05, 4.69) is 69.1 Å². The number of piperazine rings is 1. The Hall–Kier alpha value is -2.92. The molecule has 0 aliphatic carbocycles. The largest absolute Gasteiger partial charge is 0.354 e. The normalized spacial score (nSPS) is 14.8. The third kappa shape index (κ3) is 4.31. The van der Waals surface area contributed by atoms with E-state index in [4.69, 9.17) is 4.98 Å². The summed E-state index contributed by atoms with van der Waals surface area (Å²) in [5.41, 5.74) is 2.50. The molecule has 28 heavy (non-hydrogen) atoms. The van der Waals surface area contributed by atoms with Gasteiger partial charge in [-0.25, -0.2) is 4.98 Å². The van der Waals surface area contributed by atoms with Gasteiger partial charge in [-0.15, -0.1) is 0 Å². The van der Waals surface area contributed by atoms with Crippen molar-refractivity contribution < 1.29 is 0 Å². The van der Waals surface area contributed by atoms with Crippen molar-refractivity contribution >= 4 is 17.5 Å². The van der Waals surface area contributed by atoms with Crippen molar-refractivity contribution in [3.63, 3.8) is 0 Å². The lowest BCUT2D eigenvalue weighted by Gasteiger charge is -2.35. The number of rotatable bonds is 6. The highest BCUT2D eigenvalue weighted by Gasteiger charge is 2.19. The van der Waals surface area contributed by atoms with Gasteiger partial charge in [-0.3, -0.25) is 4.90 Å². The van der Waals surface area contributed by atoms with Crippen LogP contribution < -0.4 is 9.80 Å². The molecule has 2 heterocycles. The van der Waals surface area contributed by atoms with Crippen LogP contribution in [0.4, 0.5) is 17.5 Å². The molecule has 1 aliphatic rings. The zero-order valence-corrected chi connectivity index (χ0v) is 16.4. The Kier molecular flexibility index (Phi) is 5.83. The Morgan fingerprint density at radius 2 is 1.54 bits per heavy atom. The average molecular weight is 374 g/mol. The van der Waals surface area contributed by atoms with Gasteiger partial charge in [0.15, 0.2) is 0 Å². The number of aromatic nitrogens is 2. The van der Waals surface area contributed by atoms with E-state index < -0.39 is 0 Å². The van der Waals surface area contributed by atoms with E-state index in [1.165, 1.54) is 5.56 Å². The average Bonchev–Trinajstić information content (AvgIpc) is 2.77. The van der Waals surface area contributed by atoms with Crippen molar-refractivity contribution in [1.82, 2.24) is 14.9 Å². The van der Waals surface area contributed by atoms with Gasteiger partial charge in [0, 0.05) is 51.2 Å². The fourth-order valence-corrected chi connectivity index (χ4v) is 3.67.